The van der Waals surface area contributed by atoms with Crippen LogP contribution >= 0.6 is 0 Å². The number of halogens is 1. The average molecular weight is 397 g/mol. The van der Waals surface area contributed by atoms with Crippen molar-refractivity contribution in [2.45, 2.75) is 0 Å². The SMILES string of the molecule is COc1ccccc1N1N=C(c2ccccc2)[NH2+]N1c1ccccc1OC.[Cl-]. The van der Waals surface area contributed by atoms with Gasteiger partial charge in [-0.1, -0.05) is 52.7 Å². The molecule has 0 amide bonds. The van der Waals surface area contributed by atoms with Crippen LogP contribution in [0.3, 0.4) is 0 Å². The quantitative estimate of drug-likeness (QED) is 0.606. The number of hydrogen-bond donors (Lipinski definition) is 1. The number of rotatable bonds is 5. The Morgan fingerprint density at radius 3 is 1.89 bits per heavy atom. The van der Waals surface area contributed by atoms with Gasteiger partial charge in [0.15, 0.2) is 5.69 Å². The first-order chi connectivity index (χ1) is 13.3. The molecule has 7 heteroatoms. The molecule has 1 aliphatic rings. The number of hydrazone groups is 1. The molecule has 0 atom stereocenters. The van der Waals surface area contributed by atoms with E-state index in [4.69, 9.17) is 14.6 Å². The second kappa shape index (κ2) is 8.65. The molecule has 0 spiro atoms. The summed E-state index contributed by atoms with van der Waals surface area (Å²) < 4.78 is 11.1. The molecule has 0 unspecified atom stereocenters. The third kappa shape index (κ3) is 3.60. The zero-order valence-electron chi connectivity index (χ0n) is 15.6. The molecule has 0 aliphatic carbocycles. The zero-order chi connectivity index (χ0) is 18.6. The van der Waals surface area contributed by atoms with E-state index in [0.717, 1.165) is 34.3 Å². The van der Waals surface area contributed by atoms with Crippen molar-refractivity contribution in [3.8, 4) is 11.5 Å². The van der Waals surface area contributed by atoms with E-state index in [0.29, 0.717) is 0 Å². The number of nitrogens with two attached hydrogens (primary N) is 1. The van der Waals surface area contributed by atoms with E-state index >= 15 is 0 Å². The molecule has 4 rings (SSSR count). The molecule has 0 saturated heterocycles. The molecular formula is C21H21ClN4O2. The van der Waals surface area contributed by atoms with Gasteiger partial charge in [0.1, 0.15) is 17.2 Å². The Hall–Kier alpha value is -3.22. The lowest BCUT2D eigenvalue weighted by Gasteiger charge is -2.26. The van der Waals surface area contributed by atoms with Gasteiger partial charge in [-0.15, -0.1) is 5.12 Å². The number of anilines is 2. The second-order valence-electron chi connectivity index (χ2n) is 5.96. The molecule has 0 bridgehead atoms. The van der Waals surface area contributed by atoms with E-state index in [1.807, 2.05) is 94.5 Å². The van der Waals surface area contributed by atoms with Crippen LogP contribution in [0.25, 0.3) is 0 Å². The van der Waals surface area contributed by atoms with Crippen LogP contribution in [0.4, 0.5) is 11.4 Å². The summed E-state index contributed by atoms with van der Waals surface area (Å²) in [5, 5.41) is 8.66. The maximum Gasteiger partial charge on any atom is 0.277 e. The summed E-state index contributed by atoms with van der Waals surface area (Å²) in [6.45, 7) is 0. The Labute approximate surface area is 170 Å². The van der Waals surface area contributed by atoms with Gasteiger partial charge in [0.05, 0.1) is 19.8 Å². The lowest BCUT2D eigenvalue weighted by molar-refractivity contribution is -0.545. The molecule has 0 saturated carbocycles. The average Bonchev–Trinajstić information content (AvgIpc) is 3.19. The van der Waals surface area contributed by atoms with Crippen LogP contribution in [0.2, 0.25) is 0 Å². The number of quaternary nitrogens is 1. The molecule has 3 aromatic rings. The third-order valence-corrected chi connectivity index (χ3v) is 4.35. The van der Waals surface area contributed by atoms with E-state index in [9.17, 15) is 0 Å². The summed E-state index contributed by atoms with van der Waals surface area (Å²) in [5.41, 5.74) is 4.77. The van der Waals surface area contributed by atoms with Crippen LogP contribution < -0.4 is 37.5 Å². The Morgan fingerprint density at radius 1 is 0.714 bits per heavy atom. The van der Waals surface area contributed by atoms with Gasteiger partial charge in [-0.2, -0.15) is 5.43 Å². The van der Waals surface area contributed by atoms with Gasteiger partial charge in [-0.05, 0) is 36.4 Å². The molecule has 144 valence electrons. The van der Waals surface area contributed by atoms with Gasteiger partial charge in [0, 0.05) is 0 Å². The summed E-state index contributed by atoms with van der Waals surface area (Å²) in [6, 6.07) is 25.8. The lowest BCUT2D eigenvalue weighted by Crippen LogP contribution is -3.00. The van der Waals surface area contributed by atoms with E-state index in [2.05, 4.69) is 0 Å². The first-order valence-corrected chi connectivity index (χ1v) is 8.66. The highest BCUT2D eigenvalue weighted by Gasteiger charge is 2.34. The maximum atomic E-state index is 5.57. The van der Waals surface area contributed by atoms with Gasteiger partial charge >= 0.3 is 0 Å². The lowest BCUT2D eigenvalue weighted by atomic mass is 10.2. The van der Waals surface area contributed by atoms with Crippen molar-refractivity contribution in [3.05, 3.63) is 84.4 Å². The fourth-order valence-electron chi connectivity index (χ4n) is 3.04. The minimum absolute atomic E-state index is 0. The van der Waals surface area contributed by atoms with Crippen LogP contribution in [-0.2, 0) is 0 Å². The molecule has 0 radical (unpaired) electrons. The van der Waals surface area contributed by atoms with Crippen molar-refractivity contribution < 1.29 is 27.3 Å². The first-order valence-electron chi connectivity index (χ1n) is 8.66. The molecule has 3 aromatic carbocycles. The molecular weight excluding hydrogens is 376 g/mol. The molecule has 1 heterocycles. The number of nitrogens with zero attached hydrogens (tertiary/aromatic N) is 3. The molecule has 0 aromatic heterocycles. The van der Waals surface area contributed by atoms with Crippen LogP contribution in [0.15, 0.2) is 84.0 Å². The number of amidine groups is 1. The largest absolute Gasteiger partial charge is 1.00 e. The highest BCUT2D eigenvalue weighted by molar-refractivity contribution is 5.94. The van der Waals surface area contributed by atoms with E-state index in [1.165, 1.54) is 0 Å². The smallest absolute Gasteiger partial charge is 0.277 e. The highest BCUT2D eigenvalue weighted by atomic mass is 35.5. The fourth-order valence-corrected chi connectivity index (χ4v) is 3.04. The van der Waals surface area contributed by atoms with Crippen molar-refractivity contribution in [2.24, 2.45) is 5.10 Å². The van der Waals surface area contributed by atoms with E-state index < -0.39 is 0 Å². The van der Waals surface area contributed by atoms with Crippen molar-refractivity contribution >= 4 is 17.2 Å². The number of benzene rings is 3. The monoisotopic (exact) mass is 396 g/mol. The third-order valence-electron chi connectivity index (χ3n) is 4.35. The molecule has 0 fully saturated rings. The van der Waals surface area contributed by atoms with Gasteiger partial charge < -0.3 is 21.9 Å². The Kier molecular flexibility index (Phi) is 6.03. The van der Waals surface area contributed by atoms with Gasteiger partial charge in [-0.25, -0.2) is 0 Å². The normalized spacial score (nSPS) is 13.0. The summed E-state index contributed by atoms with van der Waals surface area (Å²) in [6.07, 6.45) is 0. The van der Waals surface area contributed by atoms with Crippen LogP contribution in [-0.4, -0.2) is 20.1 Å². The van der Waals surface area contributed by atoms with Crippen molar-refractivity contribution in [1.29, 1.82) is 0 Å². The fraction of sp³-hybridized carbons (Fsp3) is 0.0952. The number of methoxy groups -OCH3 is 2. The first kappa shape index (κ1) is 19.5. The van der Waals surface area contributed by atoms with Crippen LogP contribution in [0, 0.1) is 0 Å². The molecule has 6 nitrogen and oxygen atoms in total. The molecule has 1 aliphatic heterocycles. The summed E-state index contributed by atoms with van der Waals surface area (Å²) in [5.74, 6) is 2.36. The van der Waals surface area contributed by atoms with E-state index in [1.54, 1.807) is 14.2 Å². The minimum Gasteiger partial charge on any atom is -1.00 e. The number of hydrazine groups is 1. The summed E-state index contributed by atoms with van der Waals surface area (Å²) in [7, 11) is 3.33. The van der Waals surface area contributed by atoms with Gasteiger partial charge in [0.2, 0.25) is 0 Å². The van der Waals surface area contributed by atoms with Gasteiger partial charge in [0.25, 0.3) is 5.84 Å². The summed E-state index contributed by atoms with van der Waals surface area (Å²) >= 11 is 0. The molecule has 2 N–H and O–H groups in total. The predicted molar refractivity (Wildman–Crippen MR) is 106 cm³/mol. The topological polar surface area (TPSA) is 53.9 Å². The Bertz CT molecular complexity index is 965. The highest BCUT2D eigenvalue weighted by Crippen LogP contribution is 2.34. The second-order valence-corrected chi connectivity index (χ2v) is 5.96. The number of ether oxygens (including phenoxy) is 2. The maximum absolute atomic E-state index is 5.57. The summed E-state index contributed by atoms with van der Waals surface area (Å²) in [4.78, 5) is 0. The standard InChI is InChI=1S/C21H20N4O2.ClH/c1-26-19-14-8-6-12-17(19)24-22-21(16-10-4-3-5-11-16)23-25(24)18-13-7-9-15-20(18)27-2;/h3-15H,1-2H3,(H,22,23);1H. The van der Waals surface area contributed by atoms with Crippen LogP contribution in [0.5, 0.6) is 11.5 Å². The van der Waals surface area contributed by atoms with Crippen LogP contribution in [0.1, 0.15) is 5.56 Å². The van der Waals surface area contributed by atoms with Crippen molar-refractivity contribution in [1.82, 2.24) is 0 Å². The van der Waals surface area contributed by atoms with Gasteiger partial charge in [-0.3, -0.25) is 0 Å². The zero-order valence-corrected chi connectivity index (χ0v) is 16.4. The van der Waals surface area contributed by atoms with E-state index in [-0.39, 0.29) is 12.4 Å². The van der Waals surface area contributed by atoms with Crippen molar-refractivity contribution in [3.63, 3.8) is 0 Å². The number of hydrogen-bond acceptors (Lipinski definition) is 5. The Morgan fingerprint density at radius 2 is 1.25 bits per heavy atom. The minimum atomic E-state index is 0. The predicted octanol–water partition coefficient (Wildman–Crippen LogP) is -0.210. The molecule has 28 heavy (non-hydrogen) atoms. The van der Waals surface area contributed by atoms with Crippen molar-refractivity contribution in [2.75, 3.05) is 24.5 Å². The Balaban J connectivity index is 0.00000225. The number of para-hydroxylation sites is 4.